The number of alkyl halides is 6. The minimum atomic E-state index is -6.86. The highest BCUT2D eigenvalue weighted by Crippen LogP contribution is 2.59. The number of hydrogen-bond donors (Lipinski definition) is 1. The highest BCUT2D eigenvalue weighted by atomic mass is 32.3. The van der Waals surface area contributed by atoms with Crippen molar-refractivity contribution in [2.75, 3.05) is 6.61 Å². The Hall–Kier alpha value is -1.60. The topological polar surface area (TPSA) is 88.5 Å². The molecule has 0 amide bonds. The van der Waals surface area contributed by atoms with Crippen molar-refractivity contribution in [1.82, 2.24) is 0 Å². The molecule has 1 N–H and O–H groups in total. The zero-order valence-corrected chi connectivity index (χ0v) is 14.1. The lowest BCUT2D eigenvalue weighted by atomic mass is 9.83. The first kappa shape index (κ1) is 20.7. The van der Waals surface area contributed by atoms with Crippen LogP contribution in [0.25, 0.3) is 5.57 Å². The van der Waals surface area contributed by atoms with Gasteiger partial charge in [-0.2, -0.15) is 26.3 Å². The van der Waals surface area contributed by atoms with Crippen molar-refractivity contribution in [2.45, 2.75) is 21.5 Å². The molecule has 0 radical (unpaired) electrons. The molecule has 5 nitrogen and oxygen atoms in total. The number of sulfone groups is 2. The summed E-state index contributed by atoms with van der Waals surface area (Å²) in [5.41, 5.74) is -14.8. The molecule has 0 saturated heterocycles. The Labute approximate surface area is 143 Å². The Morgan fingerprint density at radius 1 is 0.885 bits per heavy atom. The second kappa shape index (κ2) is 5.96. The van der Waals surface area contributed by atoms with E-state index in [0.717, 1.165) is 12.1 Å². The Morgan fingerprint density at radius 2 is 1.31 bits per heavy atom. The lowest BCUT2D eigenvalue weighted by Crippen LogP contribution is -2.61. The monoisotopic (exact) mass is 424 g/mol. The maximum atomic E-state index is 13.1. The first-order valence-corrected chi connectivity index (χ1v) is 9.62. The Morgan fingerprint density at radius 3 is 1.65 bits per heavy atom. The standard InChI is InChI=1S/C13H10F6O5S2/c14-12(15,16)25(21,22)11(26(23,24)13(17,18)19)6-9(7-20)10(11)8-4-2-1-3-5-8/h1-5,20H,6-7H2. The van der Waals surface area contributed by atoms with Gasteiger partial charge in [0.1, 0.15) is 0 Å². The van der Waals surface area contributed by atoms with E-state index in [4.69, 9.17) is 0 Å². The zero-order chi connectivity index (χ0) is 20.2. The molecule has 0 aromatic heterocycles. The summed E-state index contributed by atoms with van der Waals surface area (Å²) in [5, 5.41) is 9.18. The van der Waals surface area contributed by atoms with Gasteiger partial charge in [0.15, 0.2) is 0 Å². The van der Waals surface area contributed by atoms with Gasteiger partial charge >= 0.3 is 11.0 Å². The fraction of sp³-hybridized carbons (Fsp3) is 0.385. The molecule has 1 aliphatic rings. The van der Waals surface area contributed by atoms with E-state index in [1.54, 1.807) is 0 Å². The van der Waals surface area contributed by atoms with Crippen LogP contribution in [0.1, 0.15) is 12.0 Å². The van der Waals surface area contributed by atoms with Crippen LogP contribution in [0.15, 0.2) is 35.9 Å². The number of halogens is 6. The largest absolute Gasteiger partial charge is 0.499 e. The molecular formula is C13H10F6O5S2. The number of aliphatic hydroxyl groups excluding tert-OH is 1. The van der Waals surface area contributed by atoms with Crippen LogP contribution in [-0.2, 0) is 19.7 Å². The summed E-state index contributed by atoms with van der Waals surface area (Å²) in [5.74, 6) is 0. The third-order valence-corrected chi connectivity index (χ3v) is 8.88. The van der Waals surface area contributed by atoms with Crippen LogP contribution in [-0.4, -0.2) is 43.6 Å². The number of aliphatic hydroxyl groups is 1. The van der Waals surface area contributed by atoms with Crippen molar-refractivity contribution in [2.24, 2.45) is 0 Å². The average Bonchev–Trinajstić information content (AvgIpc) is 2.45. The summed E-state index contributed by atoms with van der Waals surface area (Å²) >= 11 is 0. The first-order valence-electron chi connectivity index (χ1n) is 6.65. The van der Waals surface area contributed by atoms with E-state index < -0.39 is 64.5 Å². The van der Waals surface area contributed by atoms with Crippen LogP contribution >= 0.6 is 0 Å². The molecule has 0 unspecified atom stereocenters. The van der Waals surface area contributed by atoms with Crippen molar-refractivity contribution >= 4 is 25.2 Å². The first-order chi connectivity index (χ1) is 11.6. The van der Waals surface area contributed by atoms with Gasteiger partial charge in [0, 0.05) is 6.42 Å². The molecule has 0 fully saturated rings. The summed E-state index contributed by atoms with van der Waals surface area (Å²) in [6.45, 7) is -1.10. The van der Waals surface area contributed by atoms with Crippen LogP contribution in [0.2, 0.25) is 0 Å². The molecule has 26 heavy (non-hydrogen) atoms. The minimum Gasteiger partial charge on any atom is -0.392 e. The summed E-state index contributed by atoms with van der Waals surface area (Å²) in [6.07, 6.45) is -1.64. The van der Waals surface area contributed by atoms with E-state index in [-0.39, 0.29) is 0 Å². The van der Waals surface area contributed by atoms with E-state index in [2.05, 4.69) is 0 Å². The Kier molecular flexibility index (Phi) is 4.74. The molecule has 0 atom stereocenters. The predicted octanol–water partition coefficient (Wildman–Crippen LogP) is 2.40. The lowest BCUT2D eigenvalue weighted by molar-refractivity contribution is -0.0486. The molecule has 0 saturated carbocycles. The van der Waals surface area contributed by atoms with E-state index in [9.17, 15) is 48.3 Å². The molecule has 0 aliphatic heterocycles. The molecule has 0 spiro atoms. The quantitative estimate of drug-likeness (QED) is 0.750. The van der Waals surface area contributed by atoms with E-state index in [0.29, 0.717) is 0 Å². The van der Waals surface area contributed by atoms with E-state index in [1.165, 1.54) is 18.2 Å². The molecule has 0 heterocycles. The third-order valence-electron chi connectivity index (χ3n) is 3.91. The van der Waals surface area contributed by atoms with Crippen molar-refractivity contribution in [3.8, 4) is 0 Å². The van der Waals surface area contributed by atoms with Crippen LogP contribution in [0.3, 0.4) is 0 Å². The molecule has 1 aliphatic carbocycles. The van der Waals surface area contributed by atoms with Crippen LogP contribution in [0.5, 0.6) is 0 Å². The van der Waals surface area contributed by atoms with Gasteiger partial charge in [-0.05, 0) is 16.7 Å². The number of rotatable bonds is 4. The van der Waals surface area contributed by atoms with E-state index >= 15 is 0 Å². The third kappa shape index (κ3) is 2.55. The molecule has 13 heteroatoms. The second-order valence-corrected chi connectivity index (χ2v) is 9.92. The van der Waals surface area contributed by atoms with Crippen LogP contribution in [0, 0.1) is 0 Å². The Balaban J connectivity index is 2.98. The van der Waals surface area contributed by atoms with Crippen molar-refractivity contribution in [1.29, 1.82) is 0 Å². The second-order valence-electron chi connectivity index (χ2n) is 5.33. The molecular weight excluding hydrogens is 414 g/mol. The fourth-order valence-electron chi connectivity index (χ4n) is 2.76. The minimum absolute atomic E-state index is 0.483. The summed E-state index contributed by atoms with van der Waals surface area (Å²) < 4.78 is 122. The highest BCUT2D eigenvalue weighted by Gasteiger charge is 2.77. The van der Waals surface area contributed by atoms with Gasteiger partial charge in [-0.1, -0.05) is 30.3 Å². The van der Waals surface area contributed by atoms with Gasteiger partial charge in [-0.15, -0.1) is 0 Å². The van der Waals surface area contributed by atoms with Gasteiger partial charge in [0.25, 0.3) is 19.7 Å². The smallest absolute Gasteiger partial charge is 0.392 e. The summed E-state index contributed by atoms with van der Waals surface area (Å²) in [7, 11) is -13.7. The van der Waals surface area contributed by atoms with Gasteiger partial charge in [-0.25, -0.2) is 16.8 Å². The van der Waals surface area contributed by atoms with E-state index in [1.807, 2.05) is 0 Å². The van der Waals surface area contributed by atoms with Gasteiger partial charge in [0.2, 0.25) is 4.08 Å². The predicted molar refractivity (Wildman–Crippen MR) is 77.7 cm³/mol. The van der Waals surface area contributed by atoms with Crippen molar-refractivity contribution in [3.05, 3.63) is 41.5 Å². The van der Waals surface area contributed by atoms with Crippen molar-refractivity contribution < 1.29 is 48.3 Å². The normalized spacial score (nSPS) is 18.6. The summed E-state index contributed by atoms with van der Waals surface area (Å²) in [6, 6.07) is 5.58. The molecule has 0 bridgehead atoms. The number of hydrogen-bond acceptors (Lipinski definition) is 5. The van der Waals surface area contributed by atoms with Gasteiger partial charge in [0.05, 0.1) is 6.61 Å². The Bertz CT molecular complexity index is 899. The fourth-order valence-corrected chi connectivity index (χ4v) is 7.02. The zero-order valence-electron chi connectivity index (χ0n) is 12.5. The molecule has 146 valence electrons. The lowest BCUT2D eigenvalue weighted by Gasteiger charge is -2.44. The molecule has 1 aromatic rings. The maximum Gasteiger partial charge on any atom is 0.499 e. The average molecular weight is 424 g/mol. The maximum absolute atomic E-state index is 13.1. The van der Waals surface area contributed by atoms with Crippen LogP contribution in [0.4, 0.5) is 26.3 Å². The molecule has 1 aromatic carbocycles. The summed E-state index contributed by atoms with van der Waals surface area (Å²) in [4.78, 5) is 0. The SMILES string of the molecule is O=S(=O)(C(F)(F)F)C1(S(=O)(=O)C(F)(F)F)CC(CO)=C1c1ccccc1. The molecule has 2 rings (SSSR count). The highest BCUT2D eigenvalue weighted by molar-refractivity contribution is 8.12. The number of benzene rings is 1. The van der Waals surface area contributed by atoms with Crippen molar-refractivity contribution in [3.63, 3.8) is 0 Å². The van der Waals surface area contributed by atoms with Gasteiger partial charge in [-0.3, -0.25) is 0 Å². The van der Waals surface area contributed by atoms with Crippen LogP contribution < -0.4 is 0 Å². The van der Waals surface area contributed by atoms with Gasteiger partial charge < -0.3 is 5.11 Å².